The van der Waals surface area contributed by atoms with Crippen LogP contribution in [0.5, 0.6) is 0 Å². The number of nitrogens with zero attached hydrogens (tertiary/aromatic N) is 1. The summed E-state index contributed by atoms with van der Waals surface area (Å²) in [5.74, 6) is 0. The summed E-state index contributed by atoms with van der Waals surface area (Å²) in [5.41, 5.74) is 4.91. The lowest BCUT2D eigenvalue weighted by molar-refractivity contribution is -0.616. The van der Waals surface area contributed by atoms with Crippen LogP contribution >= 0.6 is 0 Å². The van der Waals surface area contributed by atoms with E-state index in [1.54, 1.807) is 0 Å². The molecule has 86 valence electrons. The number of hydrogen-bond acceptors (Lipinski definition) is 0. The average Bonchev–Trinajstić information content (AvgIpc) is 2.77. The Hall–Kier alpha value is -2.35. The lowest BCUT2D eigenvalue weighted by atomic mass is 10.1. The van der Waals surface area contributed by atoms with Gasteiger partial charge in [0.2, 0.25) is 11.0 Å². The van der Waals surface area contributed by atoms with Crippen LogP contribution in [0.3, 0.4) is 0 Å². The van der Waals surface area contributed by atoms with Gasteiger partial charge in [-0.3, -0.25) is 0 Å². The first kappa shape index (κ1) is 9.66. The van der Waals surface area contributed by atoms with Crippen molar-refractivity contribution in [3.05, 3.63) is 54.6 Å². The standard InChI is InChI=1S/C16H12N2/c1-18-15-9-5-2-6-11(15)10-14-16(18)12-7-3-4-8-13(12)17-14/h2-10H,1H3/p+1. The summed E-state index contributed by atoms with van der Waals surface area (Å²) in [7, 11) is 2.13. The number of aromatic amines is 1. The Morgan fingerprint density at radius 3 is 2.61 bits per heavy atom. The van der Waals surface area contributed by atoms with Crippen molar-refractivity contribution in [3.63, 3.8) is 0 Å². The molecule has 4 aromatic rings. The molecular formula is C16H13N2+. The highest BCUT2D eigenvalue weighted by molar-refractivity contribution is 6.05. The highest BCUT2D eigenvalue weighted by Crippen LogP contribution is 2.24. The molecule has 1 N–H and O–H groups in total. The molecule has 0 radical (unpaired) electrons. The van der Waals surface area contributed by atoms with Gasteiger partial charge in [-0.25, -0.2) is 0 Å². The van der Waals surface area contributed by atoms with Crippen molar-refractivity contribution in [1.82, 2.24) is 4.98 Å². The Morgan fingerprint density at radius 2 is 1.67 bits per heavy atom. The SMILES string of the molecule is C[n+]1c2ccccc2cc2[nH]c3ccccc3c21. The van der Waals surface area contributed by atoms with Gasteiger partial charge in [-0.1, -0.05) is 24.3 Å². The first-order valence-electron chi connectivity index (χ1n) is 6.13. The van der Waals surface area contributed by atoms with E-state index in [1.807, 2.05) is 0 Å². The van der Waals surface area contributed by atoms with Crippen LogP contribution in [-0.2, 0) is 7.05 Å². The van der Waals surface area contributed by atoms with E-state index in [1.165, 1.54) is 32.8 Å². The summed E-state index contributed by atoms with van der Waals surface area (Å²) in [5, 5.41) is 2.54. The number of nitrogens with one attached hydrogen (secondary N) is 1. The maximum Gasteiger partial charge on any atom is 0.238 e. The number of hydrogen-bond donors (Lipinski definition) is 1. The highest BCUT2D eigenvalue weighted by Gasteiger charge is 2.16. The summed E-state index contributed by atoms with van der Waals surface area (Å²) < 4.78 is 2.27. The maximum absolute atomic E-state index is 3.49. The fourth-order valence-corrected chi connectivity index (χ4v) is 2.80. The first-order chi connectivity index (χ1) is 8.84. The molecule has 2 nitrogen and oxygen atoms in total. The molecule has 0 saturated carbocycles. The Balaban J connectivity index is 2.34. The largest absolute Gasteiger partial charge is 0.349 e. The van der Waals surface area contributed by atoms with Gasteiger partial charge in [0.15, 0.2) is 0 Å². The minimum atomic E-state index is 1.19. The Bertz CT molecular complexity index is 887. The molecule has 4 rings (SSSR count). The van der Waals surface area contributed by atoms with Crippen LogP contribution in [0, 0.1) is 0 Å². The molecule has 0 aliphatic rings. The Labute approximate surface area is 104 Å². The van der Waals surface area contributed by atoms with Crippen molar-refractivity contribution in [1.29, 1.82) is 0 Å². The number of fused-ring (bicyclic) bond motifs is 4. The van der Waals surface area contributed by atoms with Gasteiger partial charge in [-0.2, -0.15) is 4.57 Å². The van der Waals surface area contributed by atoms with Crippen molar-refractivity contribution in [2.45, 2.75) is 0 Å². The zero-order chi connectivity index (χ0) is 12.1. The van der Waals surface area contributed by atoms with Gasteiger partial charge in [0.1, 0.15) is 12.6 Å². The molecule has 0 atom stereocenters. The number of para-hydroxylation sites is 2. The topological polar surface area (TPSA) is 19.7 Å². The molecule has 0 spiro atoms. The minimum Gasteiger partial charge on any atom is -0.349 e. The lowest BCUT2D eigenvalue weighted by Gasteiger charge is -1.98. The molecule has 2 aromatic heterocycles. The molecule has 0 saturated heterocycles. The molecule has 2 heterocycles. The highest BCUT2D eigenvalue weighted by atomic mass is 15.0. The molecule has 0 fully saturated rings. The number of H-pyrrole nitrogens is 1. The first-order valence-corrected chi connectivity index (χ1v) is 6.13. The van der Waals surface area contributed by atoms with Gasteiger partial charge < -0.3 is 4.98 Å². The third-order valence-corrected chi connectivity index (χ3v) is 3.64. The zero-order valence-corrected chi connectivity index (χ0v) is 10.1. The lowest BCUT2D eigenvalue weighted by Crippen LogP contribution is -2.29. The predicted molar refractivity (Wildman–Crippen MR) is 74.5 cm³/mol. The van der Waals surface area contributed by atoms with Crippen molar-refractivity contribution in [2.24, 2.45) is 7.05 Å². The van der Waals surface area contributed by atoms with Gasteiger partial charge in [-0.15, -0.1) is 0 Å². The number of pyridine rings is 1. The summed E-state index contributed by atoms with van der Waals surface area (Å²) in [6.07, 6.45) is 0. The van der Waals surface area contributed by atoms with E-state index in [2.05, 4.69) is 71.2 Å². The summed E-state index contributed by atoms with van der Waals surface area (Å²) in [6.45, 7) is 0. The second-order valence-electron chi connectivity index (χ2n) is 4.70. The quantitative estimate of drug-likeness (QED) is 0.450. The fraction of sp³-hybridized carbons (Fsp3) is 0.0625. The van der Waals surface area contributed by atoms with E-state index in [4.69, 9.17) is 0 Å². The summed E-state index contributed by atoms with van der Waals surface area (Å²) in [4.78, 5) is 3.49. The van der Waals surface area contributed by atoms with Crippen LogP contribution in [0.4, 0.5) is 0 Å². The van der Waals surface area contributed by atoms with E-state index in [-0.39, 0.29) is 0 Å². The smallest absolute Gasteiger partial charge is 0.238 e. The normalized spacial score (nSPS) is 11.6. The summed E-state index contributed by atoms with van der Waals surface area (Å²) >= 11 is 0. The Morgan fingerprint density at radius 1 is 0.889 bits per heavy atom. The van der Waals surface area contributed by atoms with Gasteiger partial charge in [0.05, 0.1) is 10.9 Å². The van der Waals surface area contributed by atoms with E-state index in [0.29, 0.717) is 0 Å². The van der Waals surface area contributed by atoms with Crippen LogP contribution < -0.4 is 4.57 Å². The number of aromatic nitrogens is 2. The molecule has 0 unspecified atom stereocenters. The van der Waals surface area contributed by atoms with E-state index >= 15 is 0 Å². The predicted octanol–water partition coefficient (Wildman–Crippen LogP) is 3.30. The average molecular weight is 233 g/mol. The van der Waals surface area contributed by atoms with Crippen LogP contribution in [-0.4, -0.2) is 4.98 Å². The Kier molecular flexibility index (Phi) is 1.78. The van der Waals surface area contributed by atoms with E-state index < -0.39 is 0 Å². The molecular weight excluding hydrogens is 220 g/mol. The molecule has 0 aliphatic heterocycles. The van der Waals surface area contributed by atoms with Crippen molar-refractivity contribution in [3.8, 4) is 0 Å². The monoisotopic (exact) mass is 233 g/mol. The van der Waals surface area contributed by atoms with E-state index in [9.17, 15) is 0 Å². The van der Waals surface area contributed by atoms with Crippen molar-refractivity contribution < 1.29 is 4.57 Å². The van der Waals surface area contributed by atoms with Gasteiger partial charge in [0, 0.05) is 11.5 Å². The third-order valence-electron chi connectivity index (χ3n) is 3.64. The minimum absolute atomic E-state index is 1.19. The third kappa shape index (κ3) is 1.15. The van der Waals surface area contributed by atoms with Crippen LogP contribution in [0.15, 0.2) is 54.6 Å². The molecule has 0 amide bonds. The zero-order valence-electron chi connectivity index (χ0n) is 10.1. The summed E-state index contributed by atoms with van der Waals surface area (Å²) in [6, 6.07) is 19.2. The van der Waals surface area contributed by atoms with Gasteiger partial charge in [0.25, 0.3) is 0 Å². The molecule has 2 heteroatoms. The number of benzene rings is 2. The number of rotatable bonds is 0. The van der Waals surface area contributed by atoms with Crippen molar-refractivity contribution >= 4 is 32.8 Å². The molecule has 0 aliphatic carbocycles. The van der Waals surface area contributed by atoms with Gasteiger partial charge in [-0.05, 0) is 24.3 Å². The second-order valence-corrected chi connectivity index (χ2v) is 4.70. The van der Waals surface area contributed by atoms with Crippen molar-refractivity contribution in [2.75, 3.05) is 0 Å². The molecule has 18 heavy (non-hydrogen) atoms. The molecule has 2 aromatic carbocycles. The second kappa shape index (κ2) is 3.33. The van der Waals surface area contributed by atoms with Crippen LogP contribution in [0.1, 0.15) is 0 Å². The van der Waals surface area contributed by atoms with E-state index in [0.717, 1.165) is 0 Å². The number of aryl methyl sites for hydroxylation is 1. The van der Waals surface area contributed by atoms with Crippen LogP contribution in [0.2, 0.25) is 0 Å². The van der Waals surface area contributed by atoms with Gasteiger partial charge >= 0.3 is 0 Å². The fourth-order valence-electron chi connectivity index (χ4n) is 2.80. The van der Waals surface area contributed by atoms with Crippen LogP contribution in [0.25, 0.3) is 32.8 Å². The maximum atomic E-state index is 3.49. The molecule has 0 bridgehead atoms.